The summed E-state index contributed by atoms with van der Waals surface area (Å²) in [5.41, 5.74) is 4.16. The zero-order chi connectivity index (χ0) is 24.9. The molecule has 3 heterocycles. The van der Waals surface area contributed by atoms with Crippen LogP contribution in [0.2, 0.25) is 0 Å². The minimum Gasteiger partial charge on any atom is -0.494 e. The van der Waals surface area contributed by atoms with Gasteiger partial charge < -0.3 is 10.1 Å². The van der Waals surface area contributed by atoms with Gasteiger partial charge in [-0.3, -0.25) is 9.20 Å². The van der Waals surface area contributed by atoms with E-state index in [0.717, 1.165) is 40.9 Å². The first-order valence-corrected chi connectivity index (χ1v) is 12.1. The van der Waals surface area contributed by atoms with Crippen LogP contribution in [-0.2, 0) is 17.8 Å². The summed E-state index contributed by atoms with van der Waals surface area (Å²) in [7, 11) is 0. The first-order chi connectivity index (χ1) is 17.6. The standard InChI is InChI=1S/C27H27FN6O2/c1-2-3-16-36-22-10-6-20(7-11-22)23-17-24-27-31-30-25(33(27)14-15-34(24)32-23)12-13-26(35)29-18-19-4-8-21(28)9-5-19/h4-11,14-15,17H,2-3,12-13,16,18H2,1H3,(H,29,35). The fourth-order valence-electron chi connectivity index (χ4n) is 3.94. The molecule has 0 aliphatic rings. The van der Waals surface area contributed by atoms with Crippen LogP contribution >= 0.6 is 0 Å². The van der Waals surface area contributed by atoms with Crippen molar-refractivity contribution in [1.29, 1.82) is 0 Å². The Morgan fingerprint density at radius 3 is 2.64 bits per heavy atom. The van der Waals surface area contributed by atoms with Crippen molar-refractivity contribution in [1.82, 2.24) is 29.5 Å². The van der Waals surface area contributed by atoms with Gasteiger partial charge >= 0.3 is 0 Å². The predicted molar refractivity (Wildman–Crippen MR) is 134 cm³/mol. The van der Waals surface area contributed by atoms with Crippen LogP contribution < -0.4 is 10.1 Å². The number of hydrogen-bond donors (Lipinski definition) is 1. The quantitative estimate of drug-likeness (QED) is 0.291. The zero-order valence-corrected chi connectivity index (χ0v) is 20.0. The fraction of sp³-hybridized carbons (Fsp3) is 0.259. The maximum Gasteiger partial charge on any atom is 0.220 e. The topological polar surface area (TPSA) is 85.8 Å². The Kier molecular flexibility index (Phi) is 6.88. The van der Waals surface area contributed by atoms with Crippen LogP contribution in [0.5, 0.6) is 5.75 Å². The first kappa shape index (κ1) is 23.5. The molecule has 0 saturated carbocycles. The number of fused-ring (bicyclic) bond motifs is 3. The van der Waals surface area contributed by atoms with Crippen LogP contribution in [0.25, 0.3) is 22.4 Å². The number of benzene rings is 2. The van der Waals surface area contributed by atoms with Gasteiger partial charge in [0.1, 0.15) is 22.9 Å². The van der Waals surface area contributed by atoms with E-state index in [0.29, 0.717) is 31.0 Å². The Morgan fingerprint density at radius 1 is 1.06 bits per heavy atom. The molecule has 0 saturated heterocycles. The lowest BCUT2D eigenvalue weighted by Gasteiger charge is -2.05. The number of rotatable bonds is 10. The largest absolute Gasteiger partial charge is 0.494 e. The number of hydrogen-bond acceptors (Lipinski definition) is 5. The van der Waals surface area contributed by atoms with Gasteiger partial charge in [0.05, 0.1) is 12.3 Å². The highest BCUT2D eigenvalue weighted by Crippen LogP contribution is 2.24. The summed E-state index contributed by atoms with van der Waals surface area (Å²) < 4.78 is 22.4. The van der Waals surface area contributed by atoms with Crippen LogP contribution in [-0.4, -0.2) is 36.7 Å². The Morgan fingerprint density at radius 2 is 1.86 bits per heavy atom. The molecule has 0 spiro atoms. The van der Waals surface area contributed by atoms with Crippen LogP contribution in [0.3, 0.4) is 0 Å². The van der Waals surface area contributed by atoms with Gasteiger partial charge in [0.25, 0.3) is 0 Å². The molecule has 5 aromatic rings. The van der Waals surface area contributed by atoms with Gasteiger partial charge in [-0.1, -0.05) is 25.5 Å². The number of aryl methyl sites for hydroxylation is 1. The van der Waals surface area contributed by atoms with Crippen molar-refractivity contribution in [2.75, 3.05) is 6.61 Å². The summed E-state index contributed by atoms with van der Waals surface area (Å²) in [5, 5.41) is 16.2. The normalized spacial score (nSPS) is 11.3. The predicted octanol–water partition coefficient (Wildman–Crippen LogP) is 4.61. The molecule has 0 aliphatic carbocycles. The van der Waals surface area contributed by atoms with Gasteiger partial charge in [-0.2, -0.15) is 5.10 Å². The number of halogens is 1. The molecule has 3 aromatic heterocycles. The minimum atomic E-state index is -0.298. The van der Waals surface area contributed by atoms with Crippen molar-refractivity contribution in [3.05, 3.63) is 84.2 Å². The van der Waals surface area contributed by atoms with Gasteiger partial charge in [-0.05, 0) is 54.4 Å². The van der Waals surface area contributed by atoms with Crippen molar-refractivity contribution in [2.24, 2.45) is 0 Å². The lowest BCUT2D eigenvalue weighted by molar-refractivity contribution is -0.121. The Labute approximate surface area is 207 Å². The van der Waals surface area contributed by atoms with Crippen molar-refractivity contribution >= 4 is 17.1 Å². The fourth-order valence-corrected chi connectivity index (χ4v) is 3.94. The summed E-state index contributed by atoms with van der Waals surface area (Å²) in [6, 6.07) is 16.0. The van der Waals surface area contributed by atoms with Crippen LogP contribution in [0, 0.1) is 5.82 Å². The van der Waals surface area contributed by atoms with E-state index in [-0.39, 0.29) is 18.1 Å². The van der Waals surface area contributed by atoms with E-state index in [4.69, 9.17) is 4.74 Å². The SMILES string of the molecule is CCCCOc1ccc(-c2cc3c4nnc(CCC(=O)NCc5ccc(F)cc5)n4ccn3n2)cc1. The lowest BCUT2D eigenvalue weighted by Crippen LogP contribution is -2.23. The molecule has 0 fully saturated rings. The Hall–Kier alpha value is -4.27. The molecule has 0 radical (unpaired) electrons. The molecule has 1 N–H and O–H groups in total. The second kappa shape index (κ2) is 10.6. The number of unbranched alkanes of at least 4 members (excludes halogenated alkanes) is 1. The third kappa shape index (κ3) is 5.19. The molecular formula is C27H27FN6O2. The first-order valence-electron chi connectivity index (χ1n) is 12.1. The number of amides is 1. The average molecular weight is 487 g/mol. The third-order valence-electron chi connectivity index (χ3n) is 5.98. The van der Waals surface area contributed by atoms with Gasteiger partial charge in [0.2, 0.25) is 5.91 Å². The number of nitrogens with one attached hydrogen (secondary N) is 1. The highest BCUT2D eigenvalue weighted by atomic mass is 19.1. The molecule has 9 heteroatoms. The molecule has 0 atom stereocenters. The second-order valence-electron chi connectivity index (χ2n) is 8.60. The highest BCUT2D eigenvalue weighted by molar-refractivity contribution is 5.77. The van der Waals surface area contributed by atoms with Gasteiger partial charge in [0, 0.05) is 37.3 Å². The van der Waals surface area contributed by atoms with E-state index in [9.17, 15) is 9.18 Å². The molecule has 36 heavy (non-hydrogen) atoms. The minimum absolute atomic E-state index is 0.106. The average Bonchev–Trinajstić information content (AvgIpc) is 3.52. The smallest absolute Gasteiger partial charge is 0.220 e. The summed E-state index contributed by atoms with van der Waals surface area (Å²) in [4.78, 5) is 12.3. The number of nitrogens with zero attached hydrogens (tertiary/aromatic N) is 5. The van der Waals surface area contributed by atoms with Crippen LogP contribution in [0.1, 0.15) is 37.6 Å². The molecule has 0 aliphatic heterocycles. The van der Waals surface area contributed by atoms with E-state index >= 15 is 0 Å². The number of aromatic nitrogens is 5. The van der Waals surface area contributed by atoms with Gasteiger partial charge in [0.15, 0.2) is 5.65 Å². The number of carbonyl (C=O) groups is 1. The lowest BCUT2D eigenvalue weighted by atomic mass is 10.1. The highest BCUT2D eigenvalue weighted by Gasteiger charge is 2.14. The Balaban J connectivity index is 1.26. The van der Waals surface area contributed by atoms with Crippen molar-refractivity contribution in [3.63, 3.8) is 0 Å². The van der Waals surface area contributed by atoms with E-state index in [1.165, 1.54) is 12.1 Å². The molecule has 1 amide bonds. The molecule has 5 rings (SSSR count). The van der Waals surface area contributed by atoms with Crippen LogP contribution in [0.15, 0.2) is 67.0 Å². The van der Waals surface area contributed by atoms with E-state index < -0.39 is 0 Å². The van der Waals surface area contributed by atoms with Crippen molar-refractivity contribution in [3.8, 4) is 17.0 Å². The van der Waals surface area contributed by atoms with Gasteiger partial charge in [-0.25, -0.2) is 8.91 Å². The summed E-state index contributed by atoms with van der Waals surface area (Å²) in [6.45, 7) is 3.21. The van der Waals surface area contributed by atoms with Crippen molar-refractivity contribution in [2.45, 2.75) is 39.2 Å². The second-order valence-corrected chi connectivity index (χ2v) is 8.60. The van der Waals surface area contributed by atoms with Crippen molar-refractivity contribution < 1.29 is 13.9 Å². The zero-order valence-electron chi connectivity index (χ0n) is 20.0. The monoisotopic (exact) mass is 486 g/mol. The summed E-state index contributed by atoms with van der Waals surface area (Å²) in [5.74, 6) is 1.14. The molecule has 0 unspecified atom stereocenters. The summed E-state index contributed by atoms with van der Waals surface area (Å²) >= 11 is 0. The maximum atomic E-state index is 13.0. The molecule has 0 bridgehead atoms. The molecular weight excluding hydrogens is 459 g/mol. The third-order valence-corrected chi connectivity index (χ3v) is 5.98. The Bertz CT molecular complexity index is 1470. The summed E-state index contributed by atoms with van der Waals surface area (Å²) in [6.07, 6.45) is 6.55. The molecule has 2 aromatic carbocycles. The van der Waals surface area contributed by atoms with E-state index in [2.05, 4.69) is 27.5 Å². The van der Waals surface area contributed by atoms with E-state index in [1.807, 2.05) is 47.1 Å². The van der Waals surface area contributed by atoms with Crippen LogP contribution in [0.4, 0.5) is 4.39 Å². The number of ether oxygens (including phenoxy) is 1. The maximum absolute atomic E-state index is 13.0. The molecule has 8 nitrogen and oxygen atoms in total. The van der Waals surface area contributed by atoms with Gasteiger partial charge in [-0.15, -0.1) is 10.2 Å². The van der Waals surface area contributed by atoms with E-state index in [1.54, 1.807) is 16.6 Å². The molecule has 184 valence electrons. The number of carbonyl (C=O) groups excluding carboxylic acids is 1.